The molecule has 5 heteroatoms. The van der Waals surface area contributed by atoms with Crippen LogP contribution in [0.2, 0.25) is 0 Å². The highest BCUT2D eigenvalue weighted by Crippen LogP contribution is 2.20. The molecule has 0 fully saturated rings. The molecule has 0 bridgehead atoms. The number of nitrogens with one attached hydrogen (secondary N) is 1. The van der Waals surface area contributed by atoms with Gasteiger partial charge >= 0.3 is 0 Å². The maximum Gasteiger partial charge on any atom is 0.261 e. The molecule has 0 heterocycles. The fraction of sp³-hybridized carbons (Fsp3) is 0.250. The van der Waals surface area contributed by atoms with E-state index in [0.717, 1.165) is 0 Å². The second-order valence-electron chi connectivity index (χ2n) is 2.66. The Morgan fingerprint density at radius 2 is 2.31 bits per heavy atom. The smallest absolute Gasteiger partial charge is 0.261 e. The Morgan fingerprint density at radius 3 is 2.85 bits per heavy atom. The minimum atomic E-state index is -0.466. The molecule has 4 nitrogen and oxygen atoms in total. The van der Waals surface area contributed by atoms with Crippen LogP contribution in [0.25, 0.3) is 0 Å². The monoisotopic (exact) mass is 200 g/mol. The minimum absolute atomic E-state index is 0.307. The predicted octanol–water partition coefficient (Wildman–Crippen LogP) is 0.244. The third kappa shape index (κ3) is 2.40. The molecule has 70 valence electrons. The lowest BCUT2D eigenvalue weighted by molar-refractivity contribution is -0.118. The van der Waals surface area contributed by atoms with E-state index >= 15 is 0 Å². The zero-order valence-corrected chi connectivity index (χ0v) is 7.54. The van der Waals surface area contributed by atoms with Crippen LogP contribution in [-0.4, -0.2) is 11.1 Å². The summed E-state index contributed by atoms with van der Waals surface area (Å²) in [6.07, 6.45) is 5.20. The average Bonchev–Trinajstić information content (AvgIpc) is 2.17. The van der Waals surface area contributed by atoms with Crippen molar-refractivity contribution in [3.05, 3.63) is 23.8 Å². The first kappa shape index (κ1) is 9.95. The summed E-state index contributed by atoms with van der Waals surface area (Å²) >= 11 is 5.29. The lowest BCUT2D eigenvalue weighted by atomic mass is 9.95. The molecule has 1 aliphatic carbocycles. The van der Waals surface area contributed by atoms with Gasteiger partial charge in [-0.1, -0.05) is 18.2 Å². The number of hydrogen-bond acceptors (Lipinski definition) is 3. The molecule has 1 amide bonds. The Morgan fingerprint density at radius 1 is 1.62 bits per heavy atom. The normalized spacial score (nSPS) is 20.8. The molecule has 0 aromatic rings. The molecule has 0 spiro atoms. The van der Waals surface area contributed by atoms with Gasteiger partial charge in [0.2, 0.25) is 5.24 Å². The van der Waals surface area contributed by atoms with Crippen LogP contribution in [0.5, 0.6) is 0 Å². The first-order chi connectivity index (χ1) is 6.15. The maximum atomic E-state index is 11.0. The summed E-state index contributed by atoms with van der Waals surface area (Å²) in [6.45, 7) is 0. The van der Waals surface area contributed by atoms with Crippen LogP contribution in [-0.2, 0) is 9.59 Å². The lowest BCUT2D eigenvalue weighted by Gasteiger charge is -2.13. The molecule has 13 heavy (non-hydrogen) atoms. The van der Waals surface area contributed by atoms with Crippen molar-refractivity contribution < 1.29 is 9.59 Å². The third-order valence-electron chi connectivity index (χ3n) is 1.79. The minimum Gasteiger partial charge on any atom is -0.290 e. The highest BCUT2D eigenvalue weighted by atomic mass is 35.5. The first-order valence-corrected chi connectivity index (χ1v) is 4.10. The van der Waals surface area contributed by atoms with Crippen molar-refractivity contribution in [3.8, 4) is 0 Å². The Balaban J connectivity index is 2.71. The van der Waals surface area contributed by atoms with E-state index in [1.54, 1.807) is 18.2 Å². The summed E-state index contributed by atoms with van der Waals surface area (Å²) in [4.78, 5) is 21.8. The SMILES string of the molecule is NNC(=O)C1=CC=CC(C(=O)Cl)C1. The third-order valence-corrected chi connectivity index (χ3v) is 2.08. The number of nitrogens with two attached hydrogens (primary N) is 1. The summed E-state index contributed by atoms with van der Waals surface area (Å²) in [5, 5.41) is -0.466. The van der Waals surface area contributed by atoms with Crippen molar-refractivity contribution in [2.45, 2.75) is 6.42 Å². The summed E-state index contributed by atoms with van der Waals surface area (Å²) in [5.74, 6) is 4.14. The van der Waals surface area contributed by atoms with E-state index in [4.69, 9.17) is 17.4 Å². The quantitative estimate of drug-likeness (QED) is 0.290. The van der Waals surface area contributed by atoms with Gasteiger partial charge in [-0.15, -0.1) is 0 Å². The zero-order valence-electron chi connectivity index (χ0n) is 6.79. The second kappa shape index (κ2) is 4.20. The molecular formula is C8H9ClN2O2. The fourth-order valence-corrected chi connectivity index (χ4v) is 1.25. The Hall–Kier alpha value is -1.13. The summed E-state index contributed by atoms with van der Waals surface area (Å²) in [7, 11) is 0. The van der Waals surface area contributed by atoms with Gasteiger partial charge in [0, 0.05) is 5.57 Å². The van der Waals surface area contributed by atoms with Crippen LogP contribution in [0, 0.1) is 5.92 Å². The second-order valence-corrected chi connectivity index (χ2v) is 3.04. The molecule has 1 rings (SSSR count). The van der Waals surface area contributed by atoms with Crippen molar-refractivity contribution in [2.75, 3.05) is 0 Å². The van der Waals surface area contributed by atoms with Gasteiger partial charge in [-0.25, -0.2) is 5.84 Å². The summed E-state index contributed by atoms with van der Waals surface area (Å²) in [5.41, 5.74) is 2.46. The molecule has 0 saturated carbocycles. The molecule has 0 radical (unpaired) electrons. The van der Waals surface area contributed by atoms with Crippen molar-refractivity contribution >= 4 is 22.8 Å². The van der Waals surface area contributed by atoms with Gasteiger partial charge in [-0.05, 0) is 18.0 Å². The predicted molar refractivity (Wildman–Crippen MR) is 48.5 cm³/mol. The van der Waals surface area contributed by atoms with Crippen molar-refractivity contribution in [1.82, 2.24) is 5.43 Å². The maximum absolute atomic E-state index is 11.0. The van der Waals surface area contributed by atoms with Crippen LogP contribution in [0.3, 0.4) is 0 Å². The van der Waals surface area contributed by atoms with Gasteiger partial charge in [0.15, 0.2) is 0 Å². The number of carbonyl (C=O) groups is 2. The molecule has 0 saturated heterocycles. The lowest BCUT2D eigenvalue weighted by Crippen LogP contribution is -2.32. The Labute approximate surface area is 80.4 Å². The average molecular weight is 201 g/mol. The van der Waals surface area contributed by atoms with Crippen LogP contribution < -0.4 is 11.3 Å². The number of carbonyl (C=O) groups excluding carboxylic acids is 2. The van der Waals surface area contributed by atoms with Gasteiger partial charge in [0.1, 0.15) is 0 Å². The standard InChI is InChI=1S/C8H9ClN2O2/c9-7(12)5-2-1-3-6(4-5)8(13)11-10/h1-3,5H,4,10H2,(H,11,13). The molecule has 1 aliphatic rings. The van der Waals surface area contributed by atoms with E-state index in [0.29, 0.717) is 12.0 Å². The number of rotatable bonds is 2. The number of halogens is 1. The fourth-order valence-electron chi connectivity index (χ4n) is 1.10. The van der Waals surface area contributed by atoms with E-state index in [2.05, 4.69) is 0 Å². The van der Waals surface area contributed by atoms with E-state index in [-0.39, 0.29) is 5.91 Å². The first-order valence-electron chi connectivity index (χ1n) is 3.73. The Bertz CT molecular complexity index is 297. The molecular weight excluding hydrogens is 192 g/mol. The number of hydrazine groups is 1. The summed E-state index contributed by atoms with van der Waals surface area (Å²) in [6, 6.07) is 0. The van der Waals surface area contributed by atoms with E-state index in [9.17, 15) is 9.59 Å². The molecule has 0 aromatic carbocycles. The van der Waals surface area contributed by atoms with Crippen LogP contribution in [0.15, 0.2) is 23.8 Å². The van der Waals surface area contributed by atoms with Gasteiger partial charge in [-0.3, -0.25) is 15.0 Å². The number of amides is 1. The topological polar surface area (TPSA) is 72.2 Å². The zero-order chi connectivity index (χ0) is 9.84. The number of hydrogen-bond donors (Lipinski definition) is 2. The highest BCUT2D eigenvalue weighted by Gasteiger charge is 2.20. The van der Waals surface area contributed by atoms with E-state index in [1.807, 2.05) is 5.43 Å². The van der Waals surface area contributed by atoms with Crippen LogP contribution >= 0.6 is 11.6 Å². The van der Waals surface area contributed by atoms with Crippen molar-refractivity contribution in [1.29, 1.82) is 0 Å². The van der Waals surface area contributed by atoms with Gasteiger partial charge < -0.3 is 0 Å². The van der Waals surface area contributed by atoms with Gasteiger partial charge in [-0.2, -0.15) is 0 Å². The van der Waals surface area contributed by atoms with Crippen LogP contribution in [0.4, 0.5) is 0 Å². The Kier molecular flexibility index (Phi) is 3.22. The summed E-state index contributed by atoms with van der Waals surface area (Å²) < 4.78 is 0. The van der Waals surface area contributed by atoms with E-state index in [1.165, 1.54) is 0 Å². The van der Waals surface area contributed by atoms with Crippen molar-refractivity contribution in [3.63, 3.8) is 0 Å². The molecule has 3 N–H and O–H groups in total. The molecule has 1 atom stereocenters. The number of allylic oxidation sites excluding steroid dienone is 3. The van der Waals surface area contributed by atoms with E-state index < -0.39 is 11.2 Å². The molecule has 0 aliphatic heterocycles. The molecule has 0 aromatic heterocycles. The van der Waals surface area contributed by atoms with Crippen LogP contribution in [0.1, 0.15) is 6.42 Å². The van der Waals surface area contributed by atoms with Crippen molar-refractivity contribution in [2.24, 2.45) is 11.8 Å². The van der Waals surface area contributed by atoms with Gasteiger partial charge in [0.05, 0.1) is 5.92 Å². The van der Waals surface area contributed by atoms with Gasteiger partial charge in [0.25, 0.3) is 5.91 Å². The highest BCUT2D eigenvalue weighted by molar-refractivity contribution is 6.64. The molecule has 1 unspecified atom stereocenters. The largest absolute Gasteiger partial charge is 0.290 e.